The Morgan fingerprint density at radius 1 is 1.29 bits per heavy atom. The Kier molecular flexibility index (Phi) is 5.83. The highest BCUT2D eigenvalue weighted by atomic mass is 15.3. The van der Waals surface area contributed by atoms with Gasteiger partial charge < -0.3 is 5.32 Å². The lowest BCUT2D eigenvalue weighted by Crippen LogP contribution is -2.64. The van der Waals surface area contributed by atoms with Crippen LogP contribution in [0.25, 0.3) is 0 Å². The highest BCUT2D eigenvalue weighted by Crippen LogP contribution is 2.26. The minimum absolute atomic E-state index is 0.304. The van der Waals surface area contributed by atoms with Gasteiger partial charge >= 0.3 is 0 Å². The fourth-order valence-electron chi connectivity index (χ4n) is 3.27. The normalized spacial score (nSPS) is 28.5. The molecule has 118 valence electrons. The molecular weight excluding hydrogens is 256 g/mol. The molecule has 3 atom stereocenters. The zero-order valence-corrected chi connectivity index (χ0v) is 14.2. The molecule has 1 aromatic rings. The first-order valence-corrected chi connectivity index (χ1v) is 8.61. The third-order valence-corrected chi connectivity index (χ3v) is 5.53. The lowest BCUT2D eigenvalue weighted by Gasteiger charge is -2.49. The molecule has 0 aromatic heterocycles. The van der Waals surface area contributed by atoms with Crippen molar-refractivity contribution in [3.8, 4) is 0 Å². The molecule has 0 amide bonds. The van der Waals surface area contributed by atoms with Gasteiger partial charge in [-0.2, -0.15) is 0 Å². The Morgan fingerprint density at radius 3 is 2.62 bits per heavy atom. The highest BCUT2D eigenvalue weighted by molar-refractivity contribution is 5.15. The van der Waals surface area contributed by atoms with Crippen LogP contribution in [-0.2, 0) is 6.42 Å². The van der Waals surface area contributed by atoms with Crippen molar-refractivity contribution in [3.05, 3.63) is 35.9 Å². The van der Waals surface area contributed by atoms with E-state index >= 15 is 0 Å². The number of nitrogens with one attached hydrogen (secondary N) is 1. The van der Waals surface area contributed by atoms with Crippen LogP contribution in [0, 0.1) is 5.92 Å². The summed E-state index contributed by atoms with van der Waals surface area (Å²) in [6, 6.07) is 11.5. The van der Waals surface area contributed by atoms with Gasteiger partial charge in [0.05, 0.1) is 0 Å². The number of benzene rings is 1. The second-order valence-electron chi connectivity index (χ2n) is 6.91. The van der Waals surface area contributed by atoms with Crippen LogP contribution in [0.3, 0.4) is 0 Å². The highest BCUT2D eigenvalue weighted by Gasteiger charge is 2.37. The van der Waals surface area contributed by atoms with Gasteiger partial charge in [0.1, 0.15) is 0 Å². The molecule has 0 saturated carbocycles. The topological polar surface area (TPSA) is 15.3 Å². The lowest BCUT2D eigenvalue weighted by molar-refractivity contribution is 0.0373. The quantitative estimate of drug-likeness (QED) is 0.858. The van der Waals surface area contributed by atoms with E-state index in [9.17, 15) is 0 Å². The maximum absolute atomic E-state index is 3.80. The maximum atomic E-state index is 3.80. The summed E-state index contributed by atoms with van der Waals surface area (Å²) in [5.74, 6) is 0.755. The van der Waals surface area contributed by atoms with E-state index in [1.165, 1.54) is 31.5 Å². The zero-order valence-electron chi connectivity index (χ0n) is 14.2. The number of nitrogens with zero attached hydrogens (tertiary/aromatic N) is 1. The number of hydrogen-bond donors (Lipinski definition) is 1. The van der Waals surface area contributed by atoms with E-state index in [1.54, 1.807) is 0 Å². The fourth-order valence-corrected chi connectivity index (χ4v) is 3.27. The second-order valence-corrected chi connectivity index (χ2v) is 6.91. The summed E-state index contributed by atoms with van der Waals surface area (Å²) in [6.45, 7) is 12.9. The van der Waals surface area contributed by atoms with Crippen molar-refractivity contribution in [2.75, 3.05) is 19.6 Å². The predicted molar refractivity (Wildman–Crippen MR) is 91.7 cm³/mol. The van der Waals surface area contributed by atoms with Crippen LogP contribution in [0.4, 0.5) is 0 Å². The van der Waals surface area contributed by atoms with Crippen LogP contribution in [0.15, 0.2) is 30.3 Å². The molecule has 2 nitrogen and oxygen atoms in total. The van der Waals surface area contributed by atoms with Crippen LogP contribution in [0.5, 0.6) is 0 Å². The summed E-state index contributed by atoms with van der Waals surface area (Å²) >= 11 is 0. The molecule has 1 saturated heterocycles. The van der Waals surface area contributed by atoms with Crippen LogP contribution >= 0.6 is 0 Å². The smallest absolute Gasteiger partial charge is 0.0304 e. The molecule has 1 N–H and O–H groups in total. The third-order valence-electron chi connectivity index (χ3n) is 5.53. The van der Waals surface area contributed by atoms with E-state index in [2.05, 4.69) is 68.2 Å². The molecule has 1 aliphatic rings. The van der Waals surface area contributed by atoms with Crippen LogP contribution in [0.1, 0.15) is 46.1 Å². The van der Waals surface area contributed by atoms with Crippen molar-refractivity contribution >= 4 is 0 Å². The third kappa shape index (κ3) is 4.08. The van der Waals surface area contributed by atoms with Gasteiger partial charge in [-0.1, -0.05) is 57.5 Å². The first-order valence-electron chi connectivity index (χ1n) is 8.61. The van der Waals surface area contributed by atoms with Gasteiger partial charge in [-0.25, -0.2) is 0 Å². The van der Waals surface area contributed by atoms with Gasteiger partial charge in [-0.05, 0) is 31.2 Å². The molecule has 1 aromatic carbocycles. The first kappa shape index (κ1) is 16.5. The van der Waals surface area contributed by atoms with E-state index in [1.807, 2.05) is 0 Å². The SMILES string of the molecule is CCC(C)C1CN(CCc2ccccc2)C(C)(CC)CN1. The molecule has 2 rings (SSSR count). The Balaban J connectivity index is 2.01. The number of rotatable bonds is 6. The molecule has 0 radical (unpaired) electrons. The molecule has 2 heteroatoms. The van der Waals surface area contributed by atoms with E-state index in [4.69, 9.17) is 0 Å². The van der Waals surface area contributed by atoms with Gasteiger partial charge in [-0.15, -0.1) is 0 Å². The van der Waals surface area contributed by atoms with Gasteiger partial charge in [0.15, 0.2) is 0 Å². The van der Waals surface area contributed by atoms with Crippen LogP contribution in [-0.4, -0.2) is 36.1 Å². The standard InChI is InChI=1S/C19H32N2/c1-5-16(3)18-14-21(19(4,6-2)15-20-18)13-12-17-10-8-7-9-11-17/h7-11,16,18,20H,5-6,12-15H2,1-4H3. The van der Waals surface area contributed by atoms with Crippen molar-refractivity contribution in [3.63, 3.8) is 0 Å². The predicted octanol–water partition coefficient (Wildman–Crippen LogP) is 3.72. The number of hydrogen-bond acceptors (Lipinski definition) is 2. The summed E-state index contributed by atoms with van der Waals surface area (Å²) in [7, 11) is 0. The van der Waals surface area contributed by atoms with E-state index in [0.717, 1.165) is 18.9 Å². The molecule has 1 fully saturated rings. The second kappa shape index (κ2) is 7.42. The van der Waals surface area contributed by atoms with Crippen molar-refractivity contribution in [2.24, 2.45) is 5.92 Å². The zero-order chi connectivity index (χ0) is 15.3. The monoisotopic (exact) mass is 288 g/mol. The molecular formula is C19H32N2. The molecule has 0 aliphatic carbocycles. The molecule has 0 bridgehead atoms. The molecule has 21 heavy (non-hydrogen) atoms. The summed E-state index contributed by atoms with van der Waals surface area (Å²) in [5.41, 5.74) is 1.76. The summed E-state index contributed by atoms with van der Waals surface area (Å²) in [6.07, 6.45) is 3.62. The molecule has 0 spiro atoms. The summed E-state index contributed by atoms with van der Waals surface area (Å²) < 4.78 is 0. The lowest BCUT2D eigenvalue weighted by atomic mass is 9.87. The van der Waals surface area contributed by atoms with E-state index < -0.39 is 0 Å². The Morgan fingerprint density at radius 2 is 2.00 bits per heavy atom. The minimum atomic E-state index is 0.304. The maximum Gasteiger partial charge on any atom is 0.0304 e. The largest absolute Gasteiger partial charge is 0.311 e. The van der Waals surface area contributed by atoms with E-state index in [-0.39, 0.29) is 0 Å². The van der Waals surface area contributed by atoms with Crippen LogP contribution in [0.2, 0.25) is 0 Å². The number of piperazine rings is 1. The molecule has 1 aliphatic heterocycles. The average molecular weight is 288 g/mol. The first-order chi connectivity index (χ1) is 10.1. The van der Waals surface area contributed by atoms with Gasteiger partial charge in [0.2, 0.25) is 0 Å². The summed E-state index contributed by atoms with van der Waals surface area (Å²) in [5, 5.41) is 3.80. The van der Waals surface area contributed by atoms with Gasteiger partial charge in [-0.3, -0.25) is 4.90 Å². The average Bonchev–Trinajstić information content (AvgIpc) is 2.54. The Bertz CT molecular complexity index is 417. The Hall–Kier alpha value is -0.860. The van der Waals surface area contributed by atoms with Gasteiger partial charge in [0.25, 0.3) is 0 Å². The molecule has 1 heterocycles. The van der Waals surface area contributed by atoms with Crippen molar-refractivity contribution in [1.29, 1.82) is 0 Å². The van der Waals surface area contributed by atoms with E-state index in [0.29, 0.717) is 11.6 Å². The van der Waals surface area contributed by atoms with Crippen molar-refractivity contribution in [1.82, 2.24) is 10.2 Å². The van der Waals surface area contributed by atoms with Crippen LogP contribution < -0.4 is 5.32 Å². The van der Waals surface area contributed by atoms with Crippen molar-refractivity contribution in [2.45, 2.75) is 58.5 Å². The van der Waals surface area contributed by atoms with Crippen molar-refractivity contribution < 1.29 is 0 Å². The Labute approximate surface area is 130 Å². The molecule has 3 unspecified atom stereocenters. The minimum Gasteiger partial charge on any atom is -0.311 e. The summed E-state index contributed by atoms with van der Waals surface area (Å²) in [4.78, 5) is 2.73. The fraction of sp³-hybridized carbons (Fsp3) is 0.684. The van der Waals surface area contributed by atoms with Gasteiger partial charge in [0, 0.05) is 31.2 Å².